The Bertz CT molecular complexity index is 832. The van der Waals surface area contributed by atoms with Gasteiger partial charge in [-0.3, -0.25) is 14.5 Å². The summed E-state index contributed by atoms with van der Waals surface area (Å²) in [6.07, 6.45) is 0. The number of hydrogen-bond acceptors (Lipinski definition) is 4. The molecule has 1 aliphatic heterocycles. The predicted octanol–water partition coefficient (Wildman–Crippen LogP) is 3.13. The van der Waals surface area contributed by atoms with Gasteiger partial charge in [-0.05, 0) is 23.8 Å². The van der Waals surface area contributed by atoms with Crippen molar-refractivity contribution in [1.82, 2.24) is 10.2 Å². The molecule has 2 aromatic rings. The summed E-state index contributed by atoms with van der Waals surface area (Å²) in [6, 6.07) is 14.4. The molecule has 0 aromatic heterocycles. The van der Waals surface area contributed by atoms with E-state index in [2.05, 4.69) is 27.7 Å². The van der Waals surface area contributed by atoms with Crippen molar-refractivity contribution in [1.29, 1.82) is 0 Å². The number of anilines is 1. The Morgan fingerprint density at radius 3 is 2.75 bits per heavy atom. The summed E-state index contributed by atoms with van der Waals surface area (Å²) < 4.78 is 14.1. The Kier molecular flexibility index (Phi) is 7.06. The van der Waals surface area contributed by atoms with Gasteiger partial charge in [0.05, 0.1) is 5.56 Å². The summed E-state index contributed by atoms with van der Waals surface area (Å²) >= 11 is 1.86. The maximum atomic E-state index is 14.1. The molecule has 0 bridgehead atoms. The number of halogens is 1. The van der Waals surface area contributed by atoms with Gasteiger partial charge >= 0.3 is 0 Å². The lowest BCUT2D eigenvalue weighted by Crippen LogP contribution is -2.48. The topological polar surface area (TPSA) is 61.4 Å². The largest absolute Gasteiger partial charge is 0.350 e. The van der Waals surface area contributed by atoms with Crippen LogP contribution >= 0.6 is 11.8 Å². The van der Waals surface area contributed by atoms with E-state index in [9.17, 15) is 14.0 Å². The quantitative estimate of drug-likeness (QED) is 0.781. The minimum absolute atomic E-state index is 0.0654. The second kappa shape index (κ2) is 9.71. The summed E-state index contributed by atoms with van der Waals surface area (Å²) in [5.41, 5.74) is 1.57. The Morgan fingerprint density at radius 2 is 2.00 bits per heavy atom. The van der Waals surface area contributed by atoms with Crippen LogP contribution in [0.4, 0.5) is 10.1 Å². The minimum Gasteiger partial charge on any atom is -0.350 e. The van der Waals surface area contributed by atoms with Gasteiger partial charge < -0.3 is 10.6 Å². The maximum absolute atomic E-state index is 14.1. The number of nitrogens with zero attached hydrogens (tertiary/aromatic N) is 1. The number of carbonyl (C=O) groups excluding carboxylic acids is 2. The molecule has 148 valence electrons. The average molecular weight is 402 g/mol. The molecule has 0 aliphatic carbocycles. The number of benzene rings is 2. The van der Waals surface area contributed by atoms with E-state index in [1.807, 2.05) is 30.0 Å². The SMILES string of the molecule is CC(=O)Nc1ccc(F)c(C(=O)NC[C@H]2CSCCN2Cc2ccccc2)c1. The molecule has 2 amide bonds. The van der Waals surface area contributed by atoms with Gasteiger partial charge in [0.1, 0.15) is 5.82 Å². The summed E-state index contributed by atoms with van der Waals surface area (Å²) in [5.74, 6) is 0.631. The van der Waals surface area contributed by atoms with Gasteiger partial charge in [0.25, 0.3) is 5.91 Å². The Balaban J connectivity index is 1.63. The van der Waals surface area contributed by atoms with E-state index in [0.29, 0.717) is 12.2 Å². The molecule has 28 heavy (non-hydrogen) atoms. The summed E-state index contributed by atoms with van der Waals surface area (Å²) in [5, 5.41) is 5.43. The summed E-state index contributed by atoms with van der Waals surface area (Å²) in [7, 11) is 0. The number of amides is 2. The van der Waals surface area contributed by atoms with Crippen LogP contribution in [0.15, 0.2) is 48.5 Å². The molecule has 7 heteroatoms. The van der Waals surface area contributed by atoms with E-state index in [0.717, 1.165) is 24.6 Å². The fourth-order valence-electron chi connectivity index (χ4n) is 3.19. The first-order chi connectivity index (χ1) is 13.5. The van der Waals surface area contributed by atoms with E-state index in [4.69, 9.17) is 0 Å². The van der Waals surface area contributed by atoms with Crippen molar-refractivity contribution in [3.05, 3.63) is 65.5 Å². The average Bonchev–Trinajstić information content (AvgIpc) is 2.69. The third kappa shape index (κ3) is 5.56. The Labute approximate surface area is 168 Å². The van der Waals surface area contributed by atoms with Crippen molar-refractivity contribution in [2.75, 3.05) is 29.9 Å². The first kappa shape index (κ1) is 20.4. The molecular weight excluding hydrogens is 377 g/mol. The molecule has 1 aliphatic rings. The molecule has 1 fully saturated rings. The van der Waals surface area contributed by atoms with Crippen LogP contribution in [0.1, 0.15) is 22.8 Å². The van der Waals surface area contributed by atoms with Gasteiger partial charge in [-0.1, -0.05) is 30.3 Å². The monoisotopic (exact) mass is 401 g/mol. The number of hydrogen-bond donors (Lipinski definition) is 2. The third-order valence-electron chi connectivity index (χ3n) is 4.61. The van der Waals surface area contributed by atoms with Crippen LogP contribution in [0.5, 0.6) is 0 Å². The van der Waals surface area contributed by atoms with Crippen LogP contribution in [-0.4, -0.2) is 47.4 Å². The molecule has 1 atom stereocenters. The van der Waals surface area contributed by atoms with Gasteiger partial charge in [-0.25, -0.2) is 4.39 Å². The van der Waals surface area contributed by atoms with Crippen molar-refractivity contribution in [3.63, 3.8) is 0 Å². The van der Waals surface area contributed by atoms with Crippen LogP contribution in [0, 0.1) is 5.82 Å². The van der Waals surface area contributed by atoms with Crippen LogP contribution in [0.25, 0.3) is 0 Å². The van der Waals surface area contributed by atoms with Crippen LogP contribution in [0.2, 0.25) is 0 Å². The fraction of sp³-hybridized carbons (Fsp3) is 0.333. The zero-order chi connectivity index (χ0) is 19.9. The smallest absolute Gasteiger partial charge is 0.254 e. The van der Waals surface area contributed by atoms with Gasteiger partial charge in [-0.15, -0.1) is 0 Å². The Hall–Kier alpha value is -2.38. The van der Waals surface area contributed by atoms with Gasteiger partial charge in [0.2, 0.25) is 5.91 Å². The van der Waals surface area contributed by atoms with Crippen LogP contribution < -0.4 is 10.6 Å². The highest BCUT2D eigenvalue weighted by Crippen LogP contribution is 2.19. The second-order valence-electron chi connectivity index (χ2n) is 6.77. The molecule has 0 radical (unpaired) electrons. The van der Waals surface area contributed by atoms with Gasteiger partial charge in [0.15, 0.2) is 0 Å². The molecule has 0 saturated carbocycles. The van der Waals surface area contributed by atoms with Crippen LogP contribution in [-0.2, 0) is 11.3 Å². The van der Waals surface area contributed by atoms with Crippen molar-refractivity contribution in [2.24, 2.45) is 0 Å². The number of nitrogens with one attached hydrogen (secondary N) is 2. The highest BCUT2D eigenvalue weighted by molar-refractivity contribution is 7.99. The van der Waals surface area contributed by atoms with Gasteiger partial charge in [0, 0.05) is 49.8 Å². The summed E-state index contributed by atoms with van der Waals surface area (Å²) in [4.78, 5) is 26.1. The molecule has 1 saturated heterocycles. The standard InChI is InChI=1S/C21H24FN3O2S/c1-15(26)24-17-7-8-20(22)19(11-17)21(27)23-12-18-14-28-10-9-25(18)13-16-5-3-2-4-6-16/h2-8,11,18H,9-10,12-14H2,1H3,(H,23,27)(H,24,26)/t18-/m0/s1. The van der Waals surface area contributed by atoms with E-state index >= 15 is 0 Å². The van der Waals surface area contributed by atoms with E-state index in [-0.39, 0.29) is 17.5 Å². The normalized spacial score (nSPS) is 17.1. The van der Waals surface area contributed by atoms with Crippen molar-refractivity contribution in [3.8, 4) is 0 Å². The second-order valence-corrected chi connectivity index (χ2v) is 7.92. The Morgan fingerprint density at radius 1 is 1.21 bits per heavy atom. The molecule has 2 aromatic carbocycles. The zero-order valence-corrected chi connectivity index (χ0v) is 16.6. The molecule has 1 heterocycles. The highest BCUT2D eigenvalue weighted by Gasteiger charge is 2.24. The fourth-order valence-corrected chi connectivity index (χ4v) is 4.32. The van der Waals surface area contributed by atoms with Crippen molar-refractivity contribution < 1.29 is 14.0 Å². The van der Waals surface area contributed by atoms with Crippen molar-refractivity contribution >= 4 is 29.3 Å². The third-order valence-corrected chi connectivity index (χ3v) is 5.70. The molecular formula is C21H24FN3O2S. The lowest BCUT2D eigenvalue weighted by Gasteiger charge is -2.35. The van der Waals surface area contributed by atoms with E-state index in [1.165, 1.54) is 30.7 Å². The number of rotatable bonds is 6. The molecule has 0 unspecified atom stereocenters. The molecule has 0 spiro atoms. The van der Waals surface area contributed by atoms with Crippen molar-refractivity contribution in [2.45, 2.75) is 19.5 Å². The molecule has 2 N–H and O–H groups in total. The lowest BCUT2D eigenvalue weighted by molar-refractivity contribution is -0.114. The van der Waals surface area contributed by atoms with Crippen LogP contribution in [0.3, 0.4) is 0 Å². The number of carbonyl (C=O) groups is 2. The first-order valence-electron chi connectivity index (χ1n) is 9.24. The predicted molar refractivity (Wildman–Crippen MR) is 111 cm³/mol. The molecule has 3 rings (SSSR count). The van der Waals surface area contributed by atoms with E-state index < -0.39 is 11.7 Å². The first-order valence-corrected chi connectivity index (χ1v) is 10.4. The van der Waals surface area contributed by atoms with Gasteiger partial charge in [-0.2, -0.15) is 11.8 Å². The molecule has 5 nitrogen and oxygen atoms in total. The van der Waals surface area contributed by atoms with E-state index in [1.54, 1.807) is 0 Å². The lowest BCUT2D eigenvalue weighted by atomic mass is 10.1. The minimum atomic E-state index is -0.606. The maximum Gasteiger partial charge on any atom is 0.254 e. The summed E-state index contributed by atoms with van der Waals surface area (Å²) in [6.45, 7) is 3.59. The number of thioether (sulfide) groups is 1. The highest BCUT2D eigenvalue weighted by atomic mass is 32.2. The zero-order valence-electron chi connectivity index (χ0n) is 15.8.